The van der Waals surface area contributed by atoms with E-state index in [2.05, 4.69) is 5.32 Å². The van der Waals surface area contributed by atoms with Crippen LogP contribution < -0.4 is 5.32 Å². The van der Waals surface area contributed by atoms with Crippen LogP contribution in [0.25, 0.3) is 0 Å². The number of amides is 1. The smallest absolute Gasteiger partial charge is 0.338 e. The Kier molecular flexibility index (Phi) is 7.18. The first-order valence-corrected chi connectivity index (χ1v) is 9.12. The summed E-state index contributed by atoms with van der Waals surface area (Å²) in [7, 11) is 1.28. The molecule has 0 fully saturated rings. The Morgan fingerprint density at radius 3 is 2.50 bits per heavy atom. The average molecular weight is 361 g/mol. The number of benzene rings is 1. The molecule has 2 atom stereocenters. The summed E-state index contributed by atoms with van der Waals surface area (Å²) < 4.78 is 9.83. The summed E-state index contributed by atoms with van der Waals surface area (Å²) in [6.07, 6.45) is 5.01. The van der Waals surface area contributed by atoms with Gasteiger partial charge in [-0.15, -0.1) is 0 Å². The fourth-order valence-corrected chi connectivity index (χ4v) is 3.09. The summed E-state index contributed by atoms with van der Waals surface area (Å²) >= 11 is 0. The number of fused-ring (bicyclic) bond motifs is 1. The first-order valence-electron chi connectivity index (χ1n) is 9.12. The maximum atomic E-state index is 12.2. The van der Waals surface area contributed by atoms with Gasteiger partial charge in [0.1, 0.15) is 6.04 Å². The SMILES string of the molecule is CC[C@H](C)[C@@H](NC(=O)COC(=O)c1ccc2c(c1)CCCC2)C(=O)OC. The third-order valence-corrected chi connectivity index (χ3v) is 4.90. The molecule has 0 bridgehead atoms. The van der Waals surface area contributed by atoms with Gasteiger partial charge in [-0.3, -0.25) is 4.79 Å². The van der Waals surface area contributed by atoms with Crippen molar-refractivity contribution in [2.24, 2.45) is 5.92 Å². The molecule has 0 radical (unpaired) electrons. The minimum Gasteiger partial charge on any atom is -0.467 e. The number of ether oxygens (including phenoxy) is 2. The van der Waals surface area contributed by atoms with Gasteiger partial charge in [-0.25, -0.2) is 9.59 Å². The summed E-state index contributed by atoms with van der Waals surface area (Å²) in [6.45, 7) is 3.34. The van der Waals surface area contributed by atoms with Gasteiger partial charge in [0, 0.05) is 0 Å². The zero-order valence-corrected chi connectivity index (χ0v) is 15.7. The molecule has 142 valence electrons. The highest BCUT2D eigenvalue weighted by Crippen LogP contribution is 2.22. The van der Waals surface area contributed by atoms with Crippen LogP contribution in [-0.2, 0) is 31.9 Å². The number of nitrogens with one attached hydrogen (secondary N) is 1. The van der Waals surface area contributed by atoms with Crippen LogP contribution in [0.15, 0.2) is 18.2 Å². The van der Waals surface area contributed by atoms with E-state index in [4.69, 9.17) is 9.47 Å². The molecule has 0 saturated heterocycles. The van der Waals surface area contributed by atoms with Crippen LogP contribution in [0.5, 0.6) is 0 Å². The van der Waals surface area contributed by atoms with Gasteiger partial charge in [-0.1, -0.05) is 26.3 Å². The number of methoxy groups -OCH3 is 1. The van der Waals surface area contributed by atoms with E-state index in [1.165, 1.54) is 24.7 Å². The average Bonchev–Trinajstić information content (AvgIpc) is 2.68. The van der Waals surface area contributed by atoms with E-state index in [0.717, 1.165) is 19.3 Å². The Balaban J connectivity index is 1.91. The molecule has 2 rings (SSSR count). The van der Waals surface area contributed by atoms with Gasteiger partial charge in [0.05, 0.1) is 12.7 Å². The second-order valence-corrected chi connectivity index (χ2v) is 6.72. The van der Waals surface area contributed by atoms with Crippen LogP contribution in [0.2, 0.25) is 0 Å². The molecule has 1 aliphatic rings. The first-order chi connectivity index (χ1) is 12.5. The molecule has 1 N–H and O–H groups in total. The van der Waals surface area contributed by atoms with Crippen LogP contribution >= 0.6 is 0 Å². The summed E-state index contributed by atoms with van der Waals surface area (Å²) in [5.74, 6) is -1.64. The molecule has 0 unspecified atom stereocenters. The Bertz CT molecular complexity index is 670. The second-order valence-electron chi connectivity index (χ2n) is 6.72. The highest BCUT2D eigenvalue weighted by molar-refractivity contribution is 5.92. The quantitative estimate of drug-likeness (QED) is 0.754. The van der Waals surface area contributed by atoms with Crippen molar-refractivity contribution in [2.45, 2.75) is 52.0 Å². The van der Waals surface area contributed by atoms with Crippen LogP contribution in [0, 0.1) is 5.92 Å². The first kappa shape index (κ1) is 19.9. The fourth-order valence-electron chi connectivity index (χ4n) is 3.09. The number of carbonyl (C=O) groups is 3. The Hall–Kier alpha value is -2.37. The molecule has 1 aromatic carbocycles. The van der Waals surface area contributed by atoms with Gasteiger partial charge >= 0.3 is 11.9 Å². The van der Waals surface area contributed by atoms with Crippen molar-refractivity contribution in [1.29, 1.82) is 0 Å². The van der Waals surface area contributed by atoms with Gasteiger partial charge in [0.15, 0.2) is 6.61 Å². The van der Waals surface area contributed by atoms with E-state index in [0.29, 0.717) is 12.0 Å². The van der Waals surface area contributed by atoms with Crippen molar-refractivity contribution in [3.63, 3.8) is 0 Å². The Morgan fingerprint density at radius 2 is 1.85 bits per heavy atom. The number of carbonyl (C=O) groups excluding carboxylic acids is 3. The summed E-state index contributed by atoms with van der Waals surface area (Å²) in [5, 5.41) is 2.58. The van der Waals surface area contributed by atoms with Crippen molar-refractivity contribution >= 4 is 17.8 Å². The third kappa shape index (κ3) is 5.07. The summed E-state index contributed by atoms with van der Waals surface area (Å²) in [4.78, 5) is 36.1. The molecule has 6 heteroatoms. The van der Waals surface area contributed by atoms with E-state index in [-0.39, 0.29) is 5.92 Å². The van der Waals surface area contributed by atoms with Gasteiger partial charge in [-0.2, -0.15) is 0 Å². The van der Waals surface area contributed by atoms with E-state index in [1.807, 2.05) is 26.0 Å². The molecule has 1 amide bonds. The molecule has 0 heterocycles. The number of aryl methyl sites for hydroxylation is 2. The van der Waals surface area contributed by atoms with E-state index in [1.54, 1.807) is 6.07 Å². The van der Waals surface area contributed by atoms with Crippen LogP contribution in [-0.4, -0.2) is 37.6 Å². The van der Waals surface area contributed by atoms with Crippen molar-refractivity contribution in [2.75, 3.05) is 13.7 Å². The number of esters is 2. The minimum absolute atomic E-state index is 0.0808. The molecular formula is C20H27NO5. The zero-order chi connectivity index (χ0) is 19.1. The lowest BCUT2D eigenvalue weighted by Crippen LogP contribution is -2.47. The second kappa shape index (κ2) is 9.36. The van der Waals surface area contributed by atoms with Gasteiger partial charge in [-0.05, 0) is 54.9 Å². The highest BCUT2D eigenvalue weighted by Gasteiger charge is 2.27. The lowest BCUT2D eigenvalue weighted by molar-refractivity contribution is -0.147. The van der Waals surface area contributed by atoms with Crippen LogP contribution in [0.3, 0.4) is 0 Å². The van der Waals surface area contributed by atoms with Crippen molar-refractivity contribution in [3.8, 4) is 0 Å². The lowest BCUT2D eigenvalue weighted by atomic mass is 9.90. The zero-order valence-electron chi connectivity index (χ0n) is 15.7. The molecule has 1 aliphatic carbocycles. The van der Waals surface area contributed by atoms with Crippen molar-refractivity contribution in [3.05, 3.63) is 34.9 Å². The molecule has 0 saturated carbocycles. The summed E-state index contributed by atoms with van der Waals surface area (Å²) in [5.41, 5.74) is 2.91. The maximum Gasteiger partial charge on any atom is 0.338 e. The molecular weight excluding hydrogens is 334 g/mol. The normalized spacial score (nSPS) is 15.3. The number of rotatable bonds is 7. The monoisotopic (exact) mass is 361 g/mol. The fraction of sp³-hybridized carbons (Fsp3) is 0.550. The predicted molar refractivity (Wildman–Crippen MR) is 96.8 cm³/mol. The van der Waals surface area contributed by atoms with E-state index >= 15 is 0 Å². The van der Waals surface area contributed by atoms with Gasteiger partial charge in [0.2, 0.25) is 0 Å². The van der Waals surface area contributed by atoms with Gasteiger partial charge in [0.25, 0.3) is 5.91 Å². The van der Waals surface area contributed by atoms with Crippen molar-refractivity contribution in [1.82, 2.24) is 5.32 Å². The largest absolute Gasteiger partial charge is 0.467 e. The van der Waals surface area contributed by atoms with Gasteiger partial charge < -0.3 is 14.8 Å². The highest BCUT2D eigenvalue weighted by atomic mass is 16.5. The van der Waals surface area contributed by atoms with Crippen LogP contribution in [0.4, 0.5) is 0 Å². The van der Waals surface area contributed by atoms with E-state index in [9.17, 15) is 14.4 Å². The lowest BCUT2D eigenvalue weighted by Gasteiger charge is -2.21. The molecule has 26 heavy (non-hydrogen) atoms. The molecule has 0 aliphatic heterocycles. The van der Waals surface area contributed by atoms with E-state index < -0.39 is 30.5 Å². The van der Waals surface area contributed by atoms with Crippen LogP contribution in [0.1, 0.15) is 54.6 Å². The Morgan fingerprint density at radius 1 is 1.15 bits per heavy atom. The molecule has 0 aromatic heterocycles. The van der Waals surface area contributed by atoms with Crippen molar-refractivity contribution < 1.29 is 23.9 Å². The molecule has 1 aromatic rings. The topological polar surface area (TPSA) is 81.7 Å². The number of hydrogen-bond acceptors (Lipinski definition) is 5. The Labute approximate surface area is 154 Å². The standard InChI is InChI=1S/C20H27NO5/c1-4-13(2)18(20(24)25-3)21-17(22)12-26-19(23)16-10-9-14-7-5-6-8-15(14)11-16/h9-11,13,18H,4-8,12H2,1-3H3,(H,21,22)/t13-,18+/m0/s1. The predicted octanol–water partition coefficient (Wildman–Crippen LogP) is 2.43. The minimum atomic E-state index is -0.750. The molecule has 0 spiro atoms. The summed E-state index contributed by atoms with van der Waals surface area (Å²) in [6, 6.07) is 4.80. The molecule has 6 nitrogen and oxygen atoms in total. The third-order valence-electron chi connectivity index (χ3n) is 4.90. The number of hydrogen-bond donors (Lipinski definition) is 1. The maximum absolute atomic E-state index is 12.2.